The molecule has 0 saturated heterocycles. The first-order valence-corrected chi connectivity index (χ1v) is 6.57. The Kier molecular flexibility index (Phi) is 20.6. The fourth-order valence-corrected chi connectivity index (χ4v) is 1.79. The Hall–Kier alpha value is 1.09. The van der Waals surface area contributed by atoms with E-state index in [-0.39, 0.29) is 22.4 Å². The molecule has 0 aliphatic rings. The van der Waals surface area contributed by atoms with Gasteiger partial charge < -0.3 is 12.6 Å². The van der Waals surface area contributed by atoms with Crippen LogP contribution in [0.2, 0.25) is 0 Å². The normalized spacial score (nSPS) is 9.86. The molecule has 2 heteroatoms. The van der Waals surface area contributed by atoms with Gasteiger partial charge in [-0.3, -0.25) is 0 Å². The van der Waals surface area contributed by atoms with E-state index in [4.69, 9.17) is 12.6 Å². The molecule has 0 fully saturated rings. The van der Waals surface area contributed by atoms with E-state index in [1.807, 2.05) is 0 Å². The quantitative estimate of drug-likeness (QED) is 0.298. The predicted molar refractivity (Wildman–Crippen MR) is 64.1 cm³/mol. The van der Waals surface area contributed by atoms with Gasteiger partial charge in [-0.1, -0.05) is 71.1 Å². The number of hydrogen-bond acceptors (Lipinski definition) is 1. The van der Waals surface area contributed by atoms with Gasteiger partial charge in [0.15, 0.2) is 0 Å². The summed E-state index contributed by atoms with van der Waals surface area (Å²) >= 11 is 4.90. The summed E-state index contributed by atoms with van der Waals surface area (Å²) < 4.78 is 0. The first kappa shape index (κ1) is 17.5. The van der Waals surface area contributed by atoms with Gasteiger partial charge in [0.2, 0.25) is 0 Å². The van der Waals surface area contributed by atoms with Crippen LogP contribution in [0.15, 0.2) is 0 Å². The summed E-state index contributed by atoms with van der Waals surface area (Å²) in [5, 5.41) is 0. The van der Waals surface area contributed by atoms with Gasteiger partial charge in [0.25, 0.3) is 0 Å². The monoisotopic (exact) mass is 398 g/mol. The molecule has 0 aliphatic carbocycles. The summed E-state index contributed by atoms with van der Waals surface area (Å²) in [6.07, 6.45) is 14.0. The predicted octanol–water partition coefficient (Wildman–Crippen LogP) is 4.45. The minimum atomic E-state index is 0. The van der Waals surface area contributed by atoms with Gasteiger partial charge in [0.05, 0.1) is 0 Å². The van der Waals surface area contributed by atoms with Crippen molar-refractivity contribution in [3.63, 3.8) is 0 Å². The topological polar surface area (TPSA) is 0 Å². The van der Waals surface area contributed by atoms with E-state index in [9.17, 15) is 0 Å². The molecule has 0 rings (SSSR count). The standard InChI is InChI=1S/C12H26S.Au/c1-2-3-4-5-6-7-8-9-10-11-12-13;/h13H,2-12H2,1H3;/q;+1/p-1. The molecule has 90 valence electrons. The maximum absolute atomic E-state index is 4.90. The largest absolute Gasteiger partial charge is 1.00 e. The zero-order valence-corrected chi connectivity index (χ0v) is 12.5. The van der Waals surface area contributed by atoms with E-state index in [2.05, 4.69) is 6.92 Å². The van der Waals surface area contributed by atoms with Gasteiger partial charge in [-0.05, 0) is 0 Å². The smallest absolute Gasteiger partial charge is 0.793 e. The molecule has 0 bridgehead atoms. The van der Waals surface area contributed by atoms with Crippen molar-refractivity contribution in [2.45, 2.75) is 71.1 Å². The average molecular weight is 398 g/mol. The molecule has 0 aromatic rings. The van der Waals surface area contributed by atoms with Crippen molar-refractivity contribution in [2.75, 3.05) is 5.75 Å². The molecule has 0 amide bonds. The van der Waals surface area contributed by atoms with E-state index >= 15 is 0 Å². The van der Waals surface area contributed by atoms with Gasteiger partial charge >= 0.3 is 22.4 Å². The average Bonchev–Trinajstić information content (AvgIpc) is 2.16. The number of unbranched alkanes of at least 4 members (excludes halogenated alkanes) is 9. The van der Waals surface area contributed by atoms with E-state index in [1.165, 1.54) is 64.2 Å². The van der Waals surface area contributed by atoms with Crippen LogP contribution < -0.4 is 0 Å². The molecule has 0 spiro atoms. The second-order valence-corrected chi connectivity index (χ2v) is 4.29. The van der Waals surface area contributed by atoms with Crippen molar-refractivity contribution in [1.29, 1.82) is 0 Å². The van der Waals surface area contributed by atoms with E-state index in [1.54, 1.807) is 0 Å². The van der Waals surface area contributed by atoms with E-state index in [0.717, 1.165) is 5.75 Å². The summed E-state index contributed by atoms with van der Waals surface area (Å²) in [5.74, 6) is 0.955. The Balaban J connectivity index is 0. The Labute approximate surface area is 112 Å². The minimum Gasteiger partial charge on any atom is -0.793 e. The summed E-state index contributed by atoms with van der Waals surface area (Å²) in [6, 6.07) is 0. The fourth-order valence-electron chi connectivity index (χ4n) is 1.59. The van der Waals surface area contributed by atoms with Crippen LogP contribution in [0, 0.1) is 0 Å². The SMILES string of the molecule is CCCCCCCCCCCC[S-].[Au+]. The maximum atomic E-state index is 4.90. The van der Waals surface area contributed by atoms with Crippen LogP contribution in [0.25, 0.3) is 0 Å². The Morgan fingerprint density at radius 2 is 1.00 bits per heavy atom. The van der Waals surface area contributed by atoms with Crippen molar-refractivity contribution in [3.05, 3.63) is 0 Å². The van der Waals surface area contributed by atoms with Crippen LogP contribution in [0.1, 0.15) is 71.1 Å². The number of hydrogen-bond donors (Lipinski definition) is 0. The van der Waals surface area contributed by atoms with E-state index in [0.29, 0.717) is 0 Å². The zero-order chi connectivity index (χ0) is 9.78. The molecule has 14 heavy (non-hydrogen) atoms. The van der Waals surface area contributed by atoms with Crippen LogP contribution in [-0.4, -0.2) is 5.75 Å². The van der Waals surface area contributed by atoms with Gasteiger partial charge in [0.1, 0.15) is 0 Å². The van der Waals surface area contributed by atoms with Crippen LogP contribution in [0.5, 0.6) is 0 Å². The first-order chi connectivity index (χ1) is 6.41. The third-order valence-electron chi connectivity index (χ3n) is 2.50. The maximum Gasteiger partial charge on any atom is 1.00 e. The van der Waals surface area contributed by atoms with Crippen molar-refractivity contribution in [3.8, 4) is 0 Å². The van der Waals surface area contributed by atoms with Crippen molar-refractivity contribution >= 4 is 12.6 Å². The van der Waals surface area contributed by atoms with Crippen molar-refractivity contribution in [1.82, 2.24) is 0 Å². The van der Waals surface area contributed by atoms with Crippen LogP contribution in [0.4, 0.5) is 0 Å². The molecule has 0 heterocycles. The summed E-state index contributed by atoms with van der Waals surface area (Å²) in [5.41, 5.74) is 0. The molecule has 0 saturated carbocycles. The molecule has 0 aromatic carbocycles. The second kappa shape index (κ2) is 16.5. The number of rotatable bonds is 10. The van der Waals surface area contributed by atoms with E-state index < -0.39 is 0 Å². The second-order valence-electron chi connectivity index (χ2n) is 3.89. The summed E-state index contributed by atoms with van der Waals surface area (Å²) in [6.45, 7) is 2.27. The third kappa shape index (κ3) is 15.6. The molecule has 0 aliphatic heterocycles. The zero-order valence-electron chi connectivity index (χ0n) is 9.49. The van der Waals surface area contributed by atoms with Gasteiger partial charge in [0, 0.05) is 0 Å². The Bertz CT molecular complexity index is 76.4. The van der Waals surface area contributed by atoms with Crippen LogP contribution >= 0.6 is 0 Å². The molecule has 0 N–H and O–H groups in total. The third-order valence-corrected chi connectivity index (χ3v) is 2.79. The van der Waals surface area contributed by atoms with Crippen LogP contribution in [0.3, 0.4) is 0 Å². The Morgan fingerprint density at radius 1 is 0.643 bits per heavy atom. The van der Waals surface area contributed by atoms with Crippen molar-refractivity contribution in [2.24, 2.45) is 0 Å². The van der Waals surface area contributed by atoms with Gasteiger partial charge in [-0.2, -0.15) is 5.75 Å². The Morgan fingerprint density at radius 3 is 1.36 bits per heavy atom. The minimum absolute atomic E-state index is 0. The van der Waals surface area contributed by atoms with Gasteiger partial charge in [-0.15, -0.1) is 0 Å². The molecule has 0 atom stereocenters. The fraction of sp³-hybridized carbons (Fsp3) is 1.00. The molecule has 0 radical (unpaired) electrons. The summed E-state index contributed by atoms with van der Waals surface area (Å²) in [4.78, 5) is 0. The summed E-state index contributed by atoms with van der Waals surface area (Å²) in [7, 11) is 0. The molecule has 0 unspecified atom stereocenters. The molecule has 0 aromatic heterocycles. The molecular formula is C12H25AuS. The molecule has 0 nitrogen and oxygen atoms in total. The van der Waals surface area contributed by atoms with Crippen molar-refractivity contribution < 1.29 is 22.4 Å². The van der Waals surface area contributed by atoms with Crippen LogP contribution in [-0.2, 0) is 35.0 Å². The van der Waals surface area contributed by atoms with Gasteiger partial charge in [-0.25, -0.2) is 0 Å². The molecular weight excluding hydrogens is 373 g/mol. The first-order valence-electron chi connectivity index (χ1n) is 6.00.